The molecule has 7 aliphatic rings. The minimum atomic E-state index is -1.01. The molecule has 0 aromatic heterocycles. The number of rotatable bonds is 5. The second-order valence-electron chi connectivity index (χ2n) is 18.1. The molecule has 2 saturated heterocycles. The van der Waals surface area contributed by atoms with Crippen molar-refractivity contribution >= 4 is 0 Å². The monoisotopic (exact) mass is 603 g/mol. The van der Waals surface area contributed by atoms with Crippen molar-refractivity contribution in [1.82, 2.24) is 4.90 Å². The van der Waals surface area contributed by atoms with Crippen LogP contribution in [0.2, 0.25) is 0 Å². The summed E-state index contributed by atoms with van der Waals surface area (Å²) in [5.41, 5.74) is -0.356. The van der Waals surface area contributed by atoms with Gasteiger partial charge in [-0.3, -0.25) is 4.90 Å². The summed E-state index contributed by atoms with van der Waals surface area (Å²) in [6.45, 7) is 18.5. The molecular weight excluding hydrogens is 542 g/mol. The number of methoxy groups -OCH3 is 1. The fourth-order valence-electron chi connectivity index (χ4n) is 13.6. The normalized spacial score (nSPS) is 54.9. The van der Waals surface area contributed by atoms with Crippen molar-refractivity contribution in [3.63, 3.8) is 0 Å². The van der Waals surface area contributed by atoms with Gasteiger partial charge in [0.25, 0.3) is 0 Å². The number of aliphatic hydroxyl groups excluding tert-OH is 1. The number of hydrogen-bond donors (Lipinski definition) is 2. The average Bonchev–Trinajstić information content (AvgIpc) is 3.55. The Morgan fingerprint density at radius 2 is 1.70 bits per heavy atom. The van der Waals surface area contributed by atoms with Gasteiger partial charge in [0, 0.05) is 25.6 Å². The fraction of sp³-hybridized carbons (Fsp3) is 1.00. The van der Waals surface area contributed by atoms with Gasteiger partial charge >= 0.3 is 0 Å². The van der Waals surface area contributed by atoms with Crippen LogP contribution in [0.1, 0.15) is 99.8 Å². The Bertz CT molecular complexity index is 1090. The van der Waals surface area contributed by atoms with Crippen LogP contribution in [0.15, 0.2) is 0 Å². The Hall–Kier alpha value is -0.280. The van der Waals surface area contributed by atoms with E-state index in [9.17, 15) is 10.2 Å². The van der Waals surface area contributed by atoms with Gasteiger partial charge < -0.3 is 29.2 Å². The summed E-state index contributed by atoms with van der Waals surface area (Å²) in [5, 5.41) is 23.4. The summed E-state index contributed by atoms with van der Waals surface area (Å²) in [4.78, 5) is 2.32. The topological polar surface area (TPSA) is 80.6 Å². The summed E-state index contributed by atoms with van der Waals surface area (Å²) in [6.07, 6.45) is 8.18. The van der Waals surface area contributed by atoms with E-state index in [1.165, 1.54) is 38.5 Å². The summed E-state index contributed by atoms with van der Waals surface area (Å²) >= 11 is 0. The maximum atomic E-state index is 12.5. The van der Waals surface area contributed by atoms with E-state index in [4.69, 9.17) is 18.9 Å². The molecule has 14 atom stereocenters. The zero-order valence-corrected chi connectivity index (χ0v) is 28.5. The van der Waals surface area contributed by atoms with Crippen molar-refractivity contribution < 1.29 is 29.2 Å². The van der Waals surface area contributed by atoms with E-state index in [0.29, 0.717) is 34.5 Å². The highest BCUT2D eigenvalue weighted by atomic mass is 16.7. The largest absolute Gasteiger partial charge is 0.390 e. The Kier molecular flexibility index (Phi) is 7.19. The second-order valence-corrected chi connectivity index (χ2v) is 18.1. The molecule has 0 bridgehead atoms. The van der Waals surface area contributed by atoms with Gasteiger partial charge in [0.15, 0.2) is 6.29 Å². The molecule has 0 aromatic carbocycles. The summed E-state index contributed by atoms with van der Waals surface area (Å²) in [6, 6.07) is 0. The Morgan fingerprint density at radius 1 is 1.00 bits per heavy atom. The molecule has 2 heterocycles. The first-order valence-electron chi connectivity index (χ1n) is 17.6. The predicted octanol–water partition coefficient (Wildman–Crippen LogP) is 5.26. The number of hydrogen-bond acceptors (Lipinski definition) is 7. The van der Waals surface area contributed by atoms with E-state index in [0.717, 1.165) is 32.5 Å². The number of aliphatic hydroxyl groups is 2. The van der Waals surface area contributed by atoms with Gasteiger partial charge in [-0.2, -0.15) is 0 Å². The van der Waals surface area contributed by atoms with Crippen molar-refractivity contribution in [1.29, 1.82) is 0 Å². The number of nitrogens with zero attached hydrogens (tertiary/aromatic N) is 1. The van der Waals surface area contributed by atoms with E-state index in [2.05, 4.69) is 46.6 Å². The van der Waals surface area contributed by atoms with E-state index in [1.807, 2.05) is 13.8 Å². The lowest BCUT2D eigenvalue weighted by Gasteiger charge is -2.64. The van der Waals surface area contributed by atoms with Crippen molar-refractivity contribution in [2.45, 2.75) is 142 Å². The molecular formula is C36H61NO6. The first kappa shape index (κ1) is 31.3. The molecule has 246 valence electrons. The lowest BCUT2D eigenvalue weighted by atomic mass is 9.41. The number of likely N-dealkylation sites (N-methyl/N-ethyl adjacent to an activating group) is 1. The van der Waals surface area contributed by atoms with Gasteiger partial charge in [0.05, 0.1) is 36.6 Å². The summed E-state index contributed by atoms with van der Waals surface area (Å²) in [7, 11) is 3.84. The smallest absolute Gasteiger partial charge is 0.170 e. The van der Waals surface area contributed by atoms with Gasteiger partial charge in [0.1, 0.15) is 6.10 Å². The molecule has 5 aliphatic carbocycles. The summed E-state index contributed by atoms with van der Waals surface area (Å²) < 4.78 is 25.6. The highest BCUT2D eigenvalue weighted by Crippen LogP contribution is 2.89. The minimum absolute atomic E-state index is 0.0332. The molecule has 7 nitrogen and oxygen atoms in total. The van der Waals surface area contributed by atoms with Crippen LogP contribution in [0.5, 0.6) is 0 Å². The third kappa shape index (κ3) is 4.04. The molecule has 7 heteroatoms. The van der Waals surface area contributed by atoms with Crippen molar-refractivity contribution in [3.8, 4) is 0 Å². The van der Waals surface area contributed by atoms with Gasteiger partial charge in [-0.05, 0) is 118 Å². The molecule has 0 aromatic rings. The first-order chi connectivity index (χ1) is 20.1. The molecule has 7 fully saturated rings. The predicted molar refractivity (Wildman–Crippen MR) is 165 cm³/mol. The lowest BCUT2D eigenvalue weighted by molar-refractivity contribution is -0.247. The van der Waals surface area contributed by atoms with E-state index in [-0.39, 0.29) is 40.8 Å². The molecule has 0 radical (unpaired) electrons. The maximum Gasteiger partial charge on any atom is 0.170 e. The van der Waals surface area contributed by atoms with Crippen LogP contribution in [-0.2, 0) is 18.9 Å². The first-order valence-corrected chi connectivity index (χ1v) is 17.6. The van der Waals surface area contributed by atoms with Gasteiger partial charge in [-0.15, -0.1) is 0 Å². The van der Waals surface area contributed by atoms with Crippen LogP contribution in [0, 0.1) is 50.7 Å². The van der Waals surface area contributed by atoms with Crippen molar-refractivity contribution in [2.75, 3.05) is 33.9 Å². The van der Waals surface area contributed by atoms with Crippen LogP contribution in [-0.4, -0.2) is 91.4 Å². The number of ether oxygens (including phenoxy) is 4. The molecule has 2 N–H and O–H groups in total. The minimum Gasteiger partial charge on any atom is -0.390 e. The van der Waals surface area contributed by atoms with Crippen LogP contribution < -0.4 is 0 Å². The van der Waals surface area contributed by atoms with Gasteiger partial charge in [-0.25, -0.2) is 0 Å². The molecule has 2 spiro atoms. The highest BCUT2D eigenvalue weighted by molar-refractivity contribution is 5.33. The average molecular weight is 604 g/mol. The Labute approximate surface area is 260 Å². The molecule has 43 heavy (non-hydrogen) atoms. The number of fused-ring (bicyclic) bond motifs is 4. The summed E-state index contributed by atoms with van der Waals surface area (Å²) in [5.74, 6) is 1.89. The Balaban J connectivity index is 1.15. The maximum absolute atomic E-state index is 12.5. The molecule has 0 unspecified atom stereocenters. The van der Waals surface area contributed by atoms with Crippen LogP contribution in [0.4, 0.5) is 0 Å². The second kappa shape index (κ2) is 9.87. The Morgan fingerprint density at radius 3 is 2.37 bits per heavy atom. The molecule has 2 aliphatic heterocycles. The third-order valence-electron chi connectivity index (χ3n) is 15.6. The van der Waals surface area contributed by atoms with Crippen molar-refractivity contribution in [3.05, 3.63) is 0 Å². The molecule has 0 amide bonds. The third-order valence-corrected chi connectivity index (χ3v) is 15.6. The highest BCUT2D eigenvalue weighted by Gasteiger charge is 2.84. The fourth-order valence-corrected chi connectivity index (χ4v) is 13.6. The quantitative estimate of drug-likeness (QED) is 0.444. The van der Waals surface area contributed by atoms with Crippen LogP contribution >= 0.6 is 0 Å². The van der Waals surface area contributed by atoms with Gasteiger partial charge in [0.2, 0.25) is 0 Å². The zero-order chi connectivity index (χ0) is 31.0. The molecule has 5 saturated carbocycles. The zero-order valence-electron chi connectivity index (χ0n) is 28.5. The SMILES string of the molecule is CO[C@@H]([C@H]1C[C@@H](C)[C@H]2[C@H](O1)[C@H](O)[C@@]1(C)[C@@H]3CC[C@H]4C(C)(C)[C@@H](O[C@H]5CN(C)CCO5)CC[C@@]45C[C@@]35CC[C@]21C)C(C)(C)O. The standard InChI is InChI=1S/C36H61NO6/c1-21-18-22(30(40-9)32(4,5)39)42-28-27(21)33(6)14-15-36-20-35(36)13-12-25(43-26-19-37(8)16-17-41-26)31(2,3)23(35)10-11-24(36)34(33,7)29(28)38/h21-30,38-39H,10-20H2,1-9H3/t21-,22-,23+,24+,25+,26+,27+,28+,29+,30+,33-,34-,35-,36+/m1/s1. The number of morpholine rings is 1. The van der Waals surface area contributed by atoms with Crippen LogP contribution in [0.25, 0.3) is 0 Å². The molecule has 7 rings (SSSR count). The lowest BCUT2D eigenvalue weighted by Crippen LogP contribution is -2.60. The van der Waals surface area contributed by atoms with Gasteiger partial charge in [-0.1, -0.05) is 34.6 Å². The van der Waals surface area contributed by atoms with Crippen molar-refractivity contribution in [2.24, 2.45) is 50.7 Å². The van der Waals surface area contributed by atoms with Crippen LogP contribution in [0.3, 0.4) is 0 Å². The van der Waals surface area contributed by atoms with E-state index in [1.54, 1.807) is 7.11 Å². The van der Waals surface area contributed by atoms with E-state index >= 15 is 0 Å². The van der Waals surface area contributed by atoms with E-state index < -0.39 is 17.8 Å².